The van der Waals surface area contributed by atoms with Crippen molar-refractivity contribution < 1.29 is 0 Å². The second-order valence-corrected chi connectivity index (χ2v) is 2.68. The molecule has 0 aliphatic carbocycles. The zero-order chi connectivity index (χ0) is 9.26. The van der Waals surface area contributed by atoms with Crippen LogP contribution in [-0.2, 0) is 0 Å². The minimum atomic E-state index is 0.488. The van der Waals surface area contributed by atoms with E-state index in [2.05, 4.69) is 20.2 Å². The van der Waals surface area contributed by atoms with Gasteiger partial charge in [0.1, 0.15) is 11.5 Å². The maximum absolute atomic E-state index is 5.58. The van der Waals surface area contributed by atoms with Crippen LogP contribution in [0.4, 0.5) is 5.82 Å². The number of nitrogens with one attached hydrogen (secondary N) is 1. The van der Waals surface area contributed by atoms with Crippen molar-refractivity contribution in [3.8, 4) is 11.5 Å². The van der Waals surface area contributed by atoms with Gasteiger partial charge in [0.2, 0.25) is 0 Å². The maximum atomic E-state index is 5.58. The second-order valence-electron chi connectivity index (χ2n) is 2.68. The minimum absolute atomic E-state index is 0.488. The van der Waals surface area contributed by atoms with Gasteiger partial charge in [-0.25, -0.2) is 9.97 Å². The van der Waals surface area contributed by atoms with E-state index in [0.717, 1.165) is 11.3 Å². The molecule has 0 aliphatic rings. The van der Waals surface area contributed by atoms with Crippen molar-refractivity contribution in [2.75, 3.05) is 5.73 Å². The molecular weight excluding hydrogens is 166 g/mol. The van der Waals surface area contributed by atoms with E-state index in [1.54, 1.807) is 18.5 Å². The number of nitrogens with zero attached hydrogens (tertiary/aromatic N) is 3. The topological polar surface area (TPSA) is 80.5 Å². The van der Waals surface area contributed by atoms with Crippen LogP contribution in [0.1, 0.15) is 5.56 Å². The Morgan fingerprint density at radius 3 is 2.54 bits per heavy atom. The molecule has 2 aromatic rings. The highest BCUT2D eigenvalue weighted by Crippen LogP contribution is 2.19. The standard InChI is InChI=1S/C8H9N5/c1-5-6(12-13-7(5)9)8-10-3-2-4-11-8/h2-4H,1H3,(H3,9,12,13). The summed E-state index contributed by atoms with van der Waals surface area (Å²) in [6.45, 7) is 1.88. The number of hydrogen-bond donors (Lipinski definition) is 2. The summed E-state index contributed by atoms with van der Waals surface area (Å²) >= 11 is 0. The first-order valence-corrected chi connectivity index (χ1v) is 3.87. The first kappa shape index (κ1) is 7.72. The van der Waals surface area contributed by atoms with Gasteiger partial charge in [-0.2, -0.15) is 5.10 Å². The van der Waals surface area contributed by atoms with E-state index in [0.29, 0.717) is 11.6 Å². The molecule has 0 aliphatic heterocycles. The van der Waals surface area contributed by atoms with Crippen molar-refractivity contribution in [1.82, 2.24) is 20.2 Å². The van der Waals surface area contributed by atoms with Crippen molar-refractivity contribution >= 4 is 5.82 Å². The van der Waals surface area contributed by atoms with Crippen molar-refractivity contribution in [2.24, 2.45) is 0 Å². The van der Waals surface area contributed by atoms with E-state index in [1.807, 2.05) is 6.92 Å². The SMILES string of the molecule is Cc1c(N)n[nH]c1-c1ncccn1. The highest BCUT2D eigenvalue weighted by Gasteiger charge is 2.09. The number of aromatic nitrogens is 4. The number of nitrogens with two attached hydrogens (primary N) is 1. The molecule has 0 bridgehead atoms. The van der Waals surface area contributed by atoms with Gasteiger partial charge in [-0.05, 0) is 13.0 Å². The summed E-state index contributed by atoms with van der Waals surface area (Å²) < 4.78 is 0. The third-order valence-electron chi connectivity index (χ3n) is 1.84. The molecule has 0 aromatic carbocycles. The summed E-state index contributed by atoms with van der Waals surface area (Å²) in [6.07, 6.45) is 3.36. The fourth-order valence-corrected chi connectivity index (χ4v) is 1.06. The molecule has 0 saturated carbocycles. The minimum Gasteiger partial charge on any atom is -0.382 e. The normalized spacial score (nSPS) is 10.2. The first-order chi connectivity index (χ1) is 6.29. The Morgan fingerprint density at radius 2 is 2.00 bits per heavy atom. The van der Waals surface area contributed by atoms with Gasteiger partial charge >= 0.3 is 0 Å². The smallest absolute Gasteiger partial charge is 0.177 e. The van der Waals surface area contributed by atoms with Crippen LogP contribution in [0, 0.1) is 6.92 Å². The predicted octanol–water partition coefficient (Wildman–Crippen LogP) is 0.757. The molecule has 13 heavy (non-hydrogen) atoms. The number of anilines is 1. The van der Waals surface area contributed by atoms with Gasteiger partial charge in [-0.15, -0.1) is 0 Å². The lowest BCUT2D eigenvalue weighted by atomic mass is 10.2. The fourth-order valence-electron chi connectivity index (χ4n) is 1.06. The van der Waals surface area contributed by atoms with Gasteiger partial charge in [-0.1, -0.05) is 0 Å². The molecule has 0 unspecified atom stereocenters. The zero-order valence-electron chi connectivity index (χ0n) is 7.15. The third-order valence-corrected chi connectivity index (χ3v) is 1.84. The third kappa shape index (κ3) is 1.24. The predicted molar refractivity (Wildman–Crippen MR) is 48.8 cm³/mol. The van der Waals surface area contributed by atoms with Crippen molar-refractivity contribution in [2.45, 2.75) is 6.92 Å². The lowest BCUT2D eigenvalue weighted by molar-refractivity contribution is 1.07. The van der Waals surface area contributed by atoms with Gasteiger partial charge in [0, 0.05) is 18.0 Å². The van der Waals surface area contributed by atoms with E-state index in [1.165, 1.54) is 0 Å². The van der Waals surface area contributed by atoms with Gasteiger partial charge in [-0.3, -0.25) is 5.10 Å². The molecule has 0 radical (unpaired) electrons. The summed E-state index contributed by atoms with van der Waals surface area (Å²) in [5, 5.41) is 6.66. The molecule has 0 spiro atoms. The van der Waals surface area contributed by atoms with Crippen molar-refractivity contribution in [1.29, 1.82) is 0 Å². The van der Waals surface area contributed by atoms with E-state index in [4.69, 9.17) is 5.73 Å². The largest absolute Gasteiger partial charge is 0.382 e. The van der Waals surface area contributed by atoms with Gasteiger partial charge < -0.3 is 5.73 Å². The second kappa shape index (κ2) is 2.85. The summed E-state index contributed by atoms with van der Waals surface area (Å²) in [4.78, 5) is 8.17. The van der Waals surface area contributed by atoms with E-state index in [-0.39, 0.29) is 0 Å². The molecule has 5 heteroatoms. The quantitative estimate of drug-likeness (QED) is 0.670. The Balaban J connectivity index is 2.53. The van der Waals surface area contributed by atoms with Crippen LogP contribution in [0.15, 0.2) is 18.5 Å². The van der Waals surface area contributed by atoms with Crippen LogP contribution in [0.3, 0.4) is 0 Å². The highest BCUT2D eigenvalue weighted by molar-refractivity contribution is 5.60. The molecule has 2 rings (SSSR count). The number of H-pyrrole nitrogens is 1. The Morgan fingerprint density at radius 1 is 1.31 bits per heavy atom. The maximum Gasteiger partial charge on any atom is 0.177 e. The molecule has 0 amide bonds. The number of hydrogen-bond acceptors (Lipinski definition) is 4. The van der Waals surface area contributed by atoms with Crippen LogP contribution in [0.25, 0.3) is 11.5 Å². The molecule has 0 atom stereocenters. The number of aromatic amines is 1. The van der Waals surface area contributed by atoms with Crippen LogP contribution < -0.4 is 5.73 Å². The van der Waals surface area contributed by atoms with E-state index in [9.17, 15) is 0 Å². The number of nitrogen functional groups attached to an aromatic ring is 1. The van der Waals surface area contributed by atoms with Crippen molar-refractivity contribution in [3.05, 3.63) is 24.0 Å². The molecule has 2 aromatic heterocycles. The van der Waals surface area contributed by atoms with Crippen LogP contribution in [0.2, 0.25) is 0 Å². The van der Waals surface area contributed by atoms with Gasteiger partial charge in [0.05, 0.1) is 0 Å². The Labute approximate surface area is 75.0 Å². The van der Waals surface area contributed by atoms with Crippen LogP contribution >= 0.6 is 0 Å². The molecule has 0 fully saturated rings. The Hall–Kier alpha value is -1.91. The van der Waals surface area contributed by atoms with E-state index < -0.39 is 0 Å². The fraction of sp³-hybridized carbons (Fsp3) is 0.125. The average molecular weight is 175 g/mol. The Kier molecular flexibility index (Phi) is 1.70. The Bertz CT molecular complexity index is 406. The first-order valence-electron chi connectivity index (χ1n) is 3.87. The lowest BCUT2D eigenvalue weighted by Crippen LogP contribution is -1.89. The van der Waals surface area contributed by atoms with E-state index >= 15 is 0 Å². The molecule has 5 nitrogen and oxygen atoms in total. The van der Waals surface area contributed by atoms with Crippen molar-refractivity contribution in [3.63, 3.8) is 0 Å². The molecule has 0 saturated heterocycles. The molecular formula is C8H9N5. The average Bonchev–Trinajstić information content (AvgIpc) is 2.49. The summed E-state index contributed by atoms with van der Waals surface area (Å²) in [5.74, 6) is 1.10. The van der Waals surface area contributed by atoms with Gasteiger partial charge in [0.15, 0.2) is 5.82 Å². The van der Waals surface area contributed by atoms with Crippen LogP contribution in [-0.4, -0.2) is 20.2 Å². The highest BCUT2D eigenvalue weighted by atomic mass is 15.2. The summed E-state index contributed by atoms with van der Waals surface area (Å²) in [5.41, 5.74) is 7.24. The number of rotatable bonds is 1. The monoisotopic (exact) mass is 175 g/mol. The van der Waals surface area contributed by atoms with Gasteiger partial charge in [0.25, 0.3) is 0 Å². The summed E-state index contributed by atoms with van der Waals surface area (Å²) in [6, 6.07) is 1.76. The molecule has 66 valence electrons. The molecule has 2 heterocycles. The zero-order valence-corrected chi connectivity index (χ0v) is 7.15. The lowest BCUT2D eigenvalue weighted by Gasteiger charge is -1.95. The summed E-state index contributed by atoms with van der Waals surface area (Å²) in [7, 11) is 0. The molecule has 3 N–H and O–H groups in total. The van der Waals surface area contributed by atoms with Crippen LogP contribution in [0.5, 0.6) is 0 Å².